The predicted octanol–water partition coefficient (Wildman–Crippen LogP) is 3.98. The number of aliphatic hydroxyl groups is 1. The Bertz CT molecular complexity index is 1430. The van der Waals surface area contributed by atoms with E-state index in [2.05, 4.69) is 26.2 Å². The van der Waals surface area contributed by atoms with Crippen molar-refractivity contribution in [2.45, 2.75) is 25.4 Å². The lowest BCUT2D eigenvalue weighted by atomic mass is 10.1. The summed E-state index contributed by atoms with van der Waals surface area (Å²) in [5.74, 6) is 1.26. The lowest BCUT2D eigenvalue weighted by Crippen LogP contribution is -2.50. The third-order valence-corrected chi connectivity index (χ3v) is 7.54. The molecule has 1 atom stereocenters. The van der Waals surface area contributed by atoms with E-state index >= 15 is 0 Å². The number of aliphatic hydroxyl groups excluding tert-OH is 1. The molecule has 1 aromatic heterocycles. The van der Waals surface area contributed by atoms with Crippen LogP contribution in [0.2, 0.25) is 0 Å². The fourth-order valence-corrected chi connectivity index (χ4v) is 5.50. The Morgan fingerprint density at radius 3 is 2.67 bits per heavy atom. The highest BCUT2D eigenvalue weighted by Crippen LogP contribution is 2.29. The summed E-state index contributed by atoms with van der Waals surface area (Å²) in [5, 5.41) is 13.7. The molecule has 0 saturated carbocycles. The molecule has 1 saturated heterocycles. The van der Waals surface area contributed by atoms with Gasteiger partial charge in [0, 0.05) is 50.0 Å². The molecular weight excluding hydrogens is 492 g/mol. The van der Waals surface area contributed by atoms with E-state index in [1.54, 1.807) is 0 Å². The molecule has 2 N–H and O–H groups in total. The SMILES string of the molecule is O=C(CN1CCN(CC(O)COc2ccc3oc(-c4ccccc4)nc3c2)CC1)Nc1cccc2c1CCC2. The van der Waals surface area contributed by atoms with Gasteiger partial charge < -0.3 is 19.6 Å². The first-order chi connectivity index (χ1) is 19.1. The Morgan fingerprint density at radius 1 is 1.00 bits per heavy atom. The van der Waals surface area contributed by atoms with Crippen molar-refractivity contribution in [2.24, 2.45) is 0 Å². The number of hydrogen-bond donors (Lipinski definition) is 2. The van der Waals surface area contributed by atoms with Crippen LogP contribution in [0.5, 0.6) is 5.75 Å². The van der Waals surface area contributed by atoms with Crippen LogP contribution in [-0.4, -0.2) is 77.8 Å². The molecular formula is C31H34N4O4. The van der Waals surface area contributed by atoms with E-state index in [1.165, 1.54) is 11.1 Å². The molecule has 1 unspecified atom stereocenters. The number of rotatable bonds is 9. The number of amides is 1. The van der Waals surface area contributed by atoms with Crippen molar-refractivity contribution < 1.29 is 19.1 Å². The number of anilines is 1. The van der Waals surface area contributed by atoms with Gasteiger partial charge in [-0.05, 0) is 60.7 Å². The van der Waals surface area contributed by atoms with Crippen LogP contribution in [0.1, 0.15) is 17.5 Å². The lowest BCUT2D eigenvalue weighted by Gasteiger charge is -2.35. The van der Waals surface area contributed by atoms with Crippen LogP contribution >= 0.6 is 0 Å². The molecule has 1 fully saturated rings. The maximum atomic E-state index is 12.7. The van der Waals surface area contributed by atoms with Crippen molar-refractivity contribution in [2.75, 3.05) is 51.2 Å². The lowest BCUT2D eigenvalue weighted by molar-refractivity contribution is -0.117. The van der Waals surface area contributed by atoms with Crippen LogP contribution in [0.3, 0.4) is 0 Å². The topological polar surface area (TPSA) is 91.1 Å². The summed E-state index contributed by atoms with van der Waals surface area (Å²) in [4.78, 5) is 21.7. The molecule has 2 heterocycles. The Morgan fingerprint density at radius 2 is 1.82 bits per heavy atom. The molecule has 0 bridgehead atoms. The molecule has 1 aliphatic carbocycles. The van der Waals surface area contributed by atoms with Gasteiger partial charge in [-0.1, -0.05) is 30.3 Å². The summed E-state index contributed by atoms with van der Waals surface area (Å²) < 4.78 is 11.7. The number of benzene rings is 3. The zero-order valence-corrected chi connectivity index (χ0v) is 22.0. The maximum absolute atomic E-state index is 12.7. The summed E-state index contributed by atoms with van der Waals surface area (Å²) in [5.41, 5.74) is 5.96. The van der Waals surface area contributed by atoms with Crippen LogP contribution in [-0.2, 0) is 17.6 Å². The van der Waals surface area contributed by atoms with E-state index in [9.17, 15) is 9.90 Å². The van der Waals surface area contributed by atoms with E-state index in [0.717, 1.165) is 62.2 Å². The number of aromatic nitrogens is 1. The molecule has 0 spiro atoms. The van der Waals surface area contributed by atoms with Crippen molar-refractivity contribution in [1.82, 2.24) is 14.8 Å². The number of ether oxygens (including phenoxy) is 1. The number of nitrogens with zero attached hydrogens (tertiary/aromatic N) is 3. The maximum Gasteiger partial charge on any atom is 0.238 e. The molecule has 39 heavy (non-hydrogen) atoms. The Hall–Kier alpha value is -3.72. The Labute approximate surface area is 228 Å². The minimum Gasteiger partial charge on any atom is -0.491 e. The number of piperazine rings is 1. The summed E-state index contributed by atoms with van der Waals surface area (Å²) in [6.07, 6.45) is 2.69. The molecule has 4 aromatic rings. The van der Waals surface area contributed by atoms with E-state index in [4.69, 9.17) is 9.15 Å². The van der Waals surface area contributed by atoms with Crippen molar-refractivity contribution in [3.05, 3.63) is 77.9 Å². The number of hydrogen-bond acceptors (Lipinski definition) is 7. The third kappa shape index (κ3) is 6.14. The number of aryl methyl sites for hydroxylation is 1. The average Bonchev–Trinajstić information content (AvgIpc) is 3.61. The van der Waals surface area contributed by atoms with Crippen molar-refractivity contribution in [3.63, 3.8) is 0 Å². The van der Waals surface area contributed by atoms with Gasteiger partial charge in [-0.25, -0.2) is 4.98 Å². The standard InChI is InChI=1S/C31H34N4O4/c36-24(21-38-25-12-13-29-28(18-25)33-31(39-29)23-6-2-1-3-7-23)19-34-14-16-35(17-15-34)20-30(37)32-27-11-5-9-22-8-4-10-26(22)27/h1-3,5-7,9,11-13,18,24,36H,4,8,10,14-17,19-21H2,(H,32,37). The van der Waals surface area contributed by atoms with Gasteiger partial charge in [0.2, 0.25) is 11.8 Å². The Kier molecular flexibility index (Phi) is 7.58. The van der Waals surface area contributed by atoms with Gasteiger partial charge >= 0.3 is 0 Å². The predicted molar refractivity (Wildman–Crippen MR) is 151 cm³/mol. The molecule has 6 rings (SSSR count). The highest BCUT2D eigenvalue weighted by Gasteiger charge is 2.22. The highest BCUT2D eigenvalue weighted by molar-refractivity contribution is 5.93. The fraction of sp³-hybridized carbons (Fsp3) is 0.355. The number of β-amino-alcohol motifs (C(OH)–C–C–N with tert-alkyl or cyclic N) is 1. The summed E-state index contributed by atoms with van der Waals surface area (Å²) in [6.45, 7) is 4.30. The number of carbonyl (C=O) groups excluding carboxylic acids is 1. The molecule has 2 aliphatic rings. The smallest absolute Gasteiger partial charge is 0.238 e. The zero-order chi connectivity index (χ0) is 26.6. The fourth-order valence-electron chi connectivity index (χ4n) is 5.50. The quantitative estimate of drug-likeness (QED) is 0.341. The van der Waals surface area contributed by atoms with E-state index in [0.29, 0.717) is 30.3 Å². The Balaban J connectivity index is 0.940. The average molecular weight is 527 g/mol. The van der Waals surface area contributed by atoms with Crippen molar-refractivity contribution in [3.8, 4) is 17.2 Å². The van der Waals surface area contributed by atoms with Gasteiger partial charge in [-0.15, -0.1) is 0 Å². The van der Waals surface area contributed by atoms with Gasteiger partial charge in [-0.3, -0.25) is 14.6 Å². The molecule has 8 nitrogen and oxygen atoms in total. The summed E-state index contributed by atoms with van der Waals surface area (Å²) >= 11 is 0. The van der Waals surface area contributed by atoms with Gasteiger partial charge in [0.05, 0.1) is 6.54 Å². The van der Waals surface area contributed by atoms with Crippen molar-refractivity contribution >= 4 is 22.7 Å². The second kappa shape index (κ2) is 11.6. The van der Waals surface area contributed by atoms with Crippen LogP contribution in [0, 0.1) is 0 Å². The third-order valence-electron chi connectivity index (χ3n) is 7.54. The second-order valence-corrected chi connectivity index (χ2v) is 10.4. The second-order valence-electron chi connectivity index (χ2n) is 10.4. The highest BCUT2D eigenvalue weighted by atomic mass is 16.5. The van der Waals surface area contributed by atoms with Gasteiger partial charge in [-0.2, -0.15) is 0 Å². The minimum atomic E-state index is -0.618. The molecule has 3 aromatic carbocycles. The molecule has 8 heteroatoms. The molecule has 0 radical (unpaired) electrons. The number of carbonyl (C=O) groups is 1. The number of nitrogens with one attached hydrogen (secondary N) is 1. The largest absolute Gasteiger partial charge is 0.491 e. The van der Waals surface area contributed by atoms with Crippen LogP contribution in [0.15, 0.2) is 71.1 Å². The monoisotopic (exact) mass is 526 g/mol. The van der Waals surface area contributed by atoms with E-state index < -0.39 is 6.10 Å². The minimum absolute atomic E-state index is 0.0390. The molecule has 1 amide bonds. The van der Waals surface area contributed by atoms with E-state index in [-0.39, 0.29) is 12.5 Å². The van der Waals surface area contributed by atoms with Crippen LogP contribution < -0.4 is 10.1 Å². The summed E-state index contributed by atoms with van der Waals surface area (Å²) in [6, 6.07) is 21.5. The van der Waals surface area contributed by atoms with Crippen LogP contribution in [0.25, 0.3) is 22.6 Å². The van der Waals surface area contributed by atoms with Gasteiger partial charge in [0.1, 0.15) is 24.0 Å². The van der Waals surface area contributed by atoms with Gasteiger partial charge in [0.25, 0.3) is 0 Å². The first kappa shape index (κ1) is 25.6. The first-order valence-electron chi connectivity index (χ1n) is 13.7. The normalized spacial score (nSPS) is 16.7. The van der Waals surface area contributed by atoms with Crippen LogP contribution in [0.4, 0.5) is 5.69 Å². The number of fused-ring (bicyclic) bond motifs is 2. The first-order valence-corrected chi connectivity index (χ1v) is 13.7. The zero-order valence-electron chi connectivity index (χ0n) is 22.0. The summed E-state index contributed by atoms with van der Waals surface area (Å²) in [7, 11) is 0. The number of oxazole rings is 1. The van der Waals surface area contributed by atoms with Crippen molar-refractivity contribution in [1.29, 1.82) is 0 Å². The van der Waals surface area contributed by atoms with E-state index in [1.807, 2.05) is 60.7 Å². The molecule has 202 valence electrons. The van der Waals surface area contributed by atoms with Gasteiger partial charge in [0.15, 0.2) is 5.58 Å². The molecule has 1 aliphatic heterocycles.